The van der Waals surface area contributed by atoms with E-state index >= 15 is 0 Å². The summed E-state index contributed by atoms with van der Waals surface area (Å²) >= 11 is 5.99. The van der Waals surface area contributed by atoms with E-state index in [1.165, 1.54) is 31.2 Å². The van der Waals surface area contributed by atoms with Crippen LogP contribution in [0, 0.1) is 6.92 Å². The Balaban J connectivity index is 2.29. The van der Waals surface area contributed by atoms with E-state index in [0.717, 1.165) is 47.3 Å². The molecule has 0 unspecified atom stereocenters. The molecule has 24 heavy (non-hydrogen) atoms. The molecule has 0 spiro atoms. The molecule has 0 aliphatic rings. The van der Waals surface area contributed by atoms with Crippen LogP contribution >= 0.6 is 11.6 Å². The van der Waals surface area contributed by atoms with E-state index in [4.69, 9.17) is 21.6 Å². The summed E-state index contributed by atoms with van der Waals surface area (Å²) in [6.07, 6.45) is 7.00. The third-order valence-corrected chi connectivity index (χ3v) is 4.42. The van der Waals surface area contributed by atoms with Gasteiger partial charge in [-0.05, 0) is 50.5 Å². The van der Waals surface area contributed by atoms with Crippen molar-refractivity contribution in [2.75, 3.05) is 11.9 Å². The van der Waals surface area contributed by atoms with Crippen LogP contribution < -0.4 is 5.32 Å². The summed E-state index contributed by atoms with van der Waals surface area (Å²) in [4.78, 5) is 9.56. The second-order valence-electron chi connectivity index (χ2n) is 6.20. The van der Waals surface area contributed by atoms with E-state index < -0.39 is 0 Å². The Hall–Kier alpha value is -1.61. The molecule has 0 saturated carbocycles. The summed E-state index contributed by atoms with van der Waals surface area (Å²) in [5.74, 6) is 1.76. The minimum atomic E-state index is 0.730. The maximum Gasteiger partial charge on any atom is 0.161 e. The molecule has 4 heteroatoms. The lowest BCUT2D eigenvalue weighted by molar-refractivity contribution is 0.738. The van der Waals surface area contributed by atoms with Crippen LogP contribution in [0.5, 0.6) is 0 Å². The van der Waals surface area contributed by atoms with Gasteiger partial charge in [-0.25, -0.2) is 9.97 Å². The second-order valence-corrected chi connectivity index (χ2v) is 6.64. The van der Waals surface area contributed by atoms with Crippen molar-refractivity contribution >= 4 is 17.4 Å². The second kappa shape index (κ2) is 9.63. The fourth-order valence-corrected chi connectivity index (χ4v) is 2.83. The number of hydrogen-bond donors (Lipinski definition) is 1. The van der Waals surface area contributed by atoms with Crippen LogP contribution in [0.15, 0.2) is 24.3 Å². The number of aromatic nitrogens is 2. The Morgan fingerprint density at radius 2 is 1.67 bits per heavy atom. The van der Waals surface area contributed by atoms with E-state index in [9.17, 15) is 0 Å². The van der Waals surface area contributed by atoms with Gasteiger partial charge in [-0.3, -0.25) is 0 Å². The quantitative estimate of drug-likeness (QED) is 0.562. The minimum Gasteiger partial charge on any atom is -0.370 e. The van der Waals surface area contributed by atoms with Crippen LogP contribution in [-0.2, 0) is 6.42 Å². The zero-order chi connectivity index (χ0) is 17.4. The maximum atomic E-state index is 5.99. The first-order chi connectivity index (χ1) is 11.7. The van der Waals surface area contributed by atoms with Crippen LogP contribution in [0.2, 0.25) is 5.02 Å². The van der Waals surface area contributed by atoms with Gasteiger partial charge in [0.15, 0.2) is 5.82 Å². The van der Waals surface area contributed by atoms with Gasteiger partial charge in [-0.15, -0.1) is 0 Å². The topological polar surface area (TPSA) is 37.8 Å². The number of nitrogens with zero attached hydrogens (tertiary/aromatic N) is 2. The van der Waals surface area contributed by atoms with Crippen LogP contribution in [0.4, 0.5) is 5.82 Å². The summed E-state index contributed by atoms with van der Waals surface area (Å²) in [6, 6.07) is 7.72. The molecule has 0 aliphatic carbocycles. The SMILES string of the molecule is CCCCCNc1nc(-c2ccc(Cl)cc2)nc(C)c1CCCC. The van der Waals surface area contributed by atoms with Crippen molar-refractivity contribution in [3.63, 3.8) is 0 Å². The lowest BCUT2D eigenvalue weighted by Crippen LogP contribution is -2.10. The number of unbranched alkanes of at least 4 members (excludes halogenated alkanes) is 3. The maximum absolute atomic E-state index is 5.99. The molecular weight excluding hydrogens is 318 g/mol. The number of halogens is 1. The van der Waals surface area contributed by atoms with Crippen LogP contribution in [0.3, 0.4) is 0 Å². The molecule has 130 valence electrons. The van der Waals surface area contributed by atoms with Gasteiger partial charge in [0.2, 0.25) is 0 Å². The smallest absolute Gasteiger partial charge is 0.161 e. The molecule has 1 N–H and O–H groups in total. The number of anilines is 1. The van der Waals surface area contributed by atoms with Gasteiger partial charge in [0.1, 0.15) is 5.82 Å². The highest BCUT2D eigenvalue weighted by atomic mass is 35.5. The van der Waals surface area contributed by atoms with Crippen molar-refractivity contribution in [3.8, 4) is 11.4 Å². The number of rotatable bonds is 9. The Morgan fingerprint density at radius 1 is 0.958 bits per heavy atom. The average Bonchev–Trinajstić information content (AvgIpc) is 2.58. The molecule has 1 heterocycles. The standard InChI is InChI=1S/C20H28ClN3/c1-4-6-8-14-22-20-18(9-7-5-2)15(3)23-19(24-20)16-10-12-17(21)13-11-16/h10-13H,4-9,14H2,1-3H3,(H,22,23,24). The molecule has 0 amide bonds. The van der Waals surface area contributed by atoms with E-state index in [0.29, 0.717) is 0 Å². The first kappa shape index (κ1) is 18.7. The van der Waals surface area contributed by atoms with Crippen LogP contribution in [0.1, 0.15) is 57.2 Å². The molecule has 0 atom stereocenters. The summed E-state index contributed by atoms with van der Waals surface area (Å²) in [5.41, 5.74) is 3.33. The van der Waals surface area contributed by atoms with Crippen molar-refractivity contribution in [1.82, 2.24) is 9.97 Å². The van der Waals surface area contributed by atoms with Gasteiger partial charge in [0, 0.05) is 28.4 Å². The number of benzene rings is 1. The Bertz CT molecular complexity index is 638. The summed E-state index contributed by atoms with van der Waals surface area (Å²) in [7, 11) is 0. The van der Waals surface area contributed by atoms with Crippen molar-refractivity contribution in [1.29, 1.82) is 0 Å². The Kier molecular flexibility index (Phi) is 7.51. The van der Waals surface area contributed by atoms with Gasteiger partial charge < -0.3 is 5.32 Å². The van der Waals surface area contributed by atoms with Crippen molar-refractivity contribution in [2.45, 2.75) is 59.3 Å². The van der Waals surface area contributed by atoms with E-state index in [2.05, 4.69) is 26.1 Å². The Morgan fingerprint density at radius 3 is 2.33 bits per heavy atom. The third kappa shape index (κ3) is 5.20. The first-order valence-electron chi connectivity index (χ1n) is 9.03. The average molecular weight is 346 g/mol. The molecule has 3 nitrogen and oxygen atoms in total. The van der Waals surface area contributed by atoms with E-state index in [1.54, 1.807) is 0 Å². The van der Waals surface area contributed by atoms with E-state index in [-0.39, 0.29) is 0 Å². The van der Waals surface area contributed by atoms with Gasteiger partial charge in [0.25, 0.3) is 0 Å². The van der Waals surface area contributed by atoms with Gasteiger partial charge >= 0.3 is 0 Å². The fourth-order valence-electron chi connectivity index (χ4n) is 2.70. The molecule has 1 aromatic carbocycles. The van der Waals surface area contributed by atoms with Gasteiger partial charge in [0.05, 0.1) is 0 Å². The largest absolute Gasteiger partial charge is 0.370 e. The highest BCUT2D eigenvalue weighted by Crippen LogP contribution is 2.25. The molecule has 2 aromatic rings. The van der Waals surface area contributed by atoms with Crippen molar-refractivity contribution < 1.29 is 0 Å². The molecule has 0 bridgehead atoms. The highest BCUT2D eigenvalue weighted by molar-refractivity contribution is 6.30. The normalized spacial score (nSPS) is 10.8. The summed E-state index contributed by atoms with van der Waals surface area (Å²) in [6.45, 7) is 7.49. The number of nitrogens with one attached hydrogen (secondary N) is 1. The van der Waals surface area contributed by atoms with Crippen LogP contribution in [-0.4, -0.2) is 16.5 Å². The predicted molar refractivity (Wildman–Crippen MR) is 104 cm³/mol. The highest BCUT2D eigenvalue weighted by Gasteiger charge is 2.12. The zero-order valence-corrected chi connectivity index (χ0v) is 15.8. The molecule has 1 aromatic heterocycles. The molecule has 0 radical (unpaired) electrons. The zero-order valence-electron chi connectivity index (χ0n) is 15.0. The fraction of sp³-hybridized carbons (Fsp3) is 0.500. The van der Waals surface area contributed by atoms with Gasteiger partial charge in [-0.1, -0.05) is 44.7 Å². The summed E-state index contributed by atoms with van der Waals surface area (Å²) < 4.78 is 0. The summed E-state index contributed by atoms with van der Waals surface area (Å²) in [5, 5.41) is 4.27. The molecule has 0 fully saturated rings. The number of aryl methyl sites for hydroxylation is 1. The van der Waals surface area contributed by atoms with E-state index in [1.807, 2.05) is 24.3 Å². The molecular formula is C20H28ClN3. The minimum absolute atomic E-state index is 0.730. The predicted octanol–water partition coefficient (Wildman–Crippen LogP) is 6.05. The molecule has 0 saturated heterocycles. The van der Waals surface area contributed by atoms with Crippen molar-refractivity contribution in [2.24, 2.45) is 0 Å². The van der Waals surface area contributed by atoms with Gasteiger partial charge in [-0.2, -0.15) is 0 Å². The molecule has 2 rings (SSSR count). The lowest BCUT2D eigenvalue weighted by atomic mass is 10.1. The monoisotopic (exact) mass is 345 g/mol. The van der Waals surface area contributed by atoms with Crippen molar-refractivity contribution in [3.05, 3.63) is 40.5 Å². The lowest BCUT2D eigenvalue weighted by Gasteiger charge is -2.15. The van der Waals surface area contributed by atoms with Crippen LogP contribution in [0.25, 0.3) is 11.4 Å². The third-order valence-electron chi connectivity index (χ3n) is 4.17. The Labute approximate surface area is 150 Å². The number of hydrogen-bond acceptors (Lipinski definition) is 3. The first-order valence-corrected chi connectivity index (χ1v) is 9.40. The molecule has 0 aliphatic heterocycles.